The van der Waals surface area contributed by atoms with Gasteiger partial charge >= 0.3 is 0 Å². The number of aromatic nitrogens is 2. The number of nitrogens with zero attached hydrogens (tertiary/aromatic N) is 2. The molecular weight excluding hydrogens is 336 g/mol. The molecule has 0 saturated carbocycles. The predicted molar refractivity (Wildman–Crippen MR) is 88.9 cm³/mol. The standard InChI is InChI=1S/C15H17ClN4O2S/c1-3-4-10(2)14-8-15(19-18-14)20-23(21,22)12-5-6-13(16)11(7-12)9-17/h5-8,10H,3-4H2,1-2H3,(H2,18,19,20). The highest BCUT2D eigenvalue weighted by molar-refractivity contribution is 7.92. The molecule has 0 amide bonds. The first-order valence-electron chi connectivity index (χ1n) is 7.15. The molecule has 6 nitrogen and oxygen atoms in total. The van der Waals surface area contributed by atoms with Crippen LogP contribution in [-0.4, -0.2) is 18.6 Å². The van der Waals surface area contributed by atoms with Crippen molar-refractivity contribution in [2.45, 2.75) is 37.5 Å². The molecule has 0 aliphatic heterocycles. The van der Waals surface area contributed by atoms with E-state index in [9.17, 15) is 8.42 Å². The topological polar surface area (TPSA) is 98.6 Å². The molecule has 1 heterocycles. The number of anilines is 1. The molecule has 0 bridgehead atoms. The molecule has 8 heteroatoms. The lowest BCUT2D eigenvalue weighted by Crippen LogP contribution is -2.13. The summed E-state index contributed by atoms with van der Waals surface area (Å²) in [6, 6.07) is 7.50. The fourth-order valence-corrected chi connectivity index (χ4v) is 3.36. The first kappa shape index (κ1) is 17.3. The number of nitrogens with one attached hydrogen (secondary N) is 2. The van der Waals surface area contributed by atoms with Gasteiger partial charge in [0.15, 0.2) is 5.82 Å². The Labute approximate surface area is 140 Å². The van der Waals surface area contributed by atoms with Crippen molar-refractivity contribution in [1.82, 2.24) is 10.2 Å². The second-order valence-electron chi connectivity index (χ2n) is 5.26. The highest BCUT2D eigenvalue weighted by Gasteiger charge is 2.18. The summed E-state index contributed by atoms with van der Waals surface area (Å²) in [6.45, 7) is 4.14. The Morgan fingerprint density at radius 1 is 1.43 bits per heavy atom. The SMILES string of the molecule is CCCC(C)c1cc(NS(=O)(=O)c2ccc(Cl)c(C#N)c2)n[nH]1. The second kappa shape index (κ2) is 7.02. The van der Waals surface area contributed by atoms with E-state index in [0.29, 0.717) is 0 Å². The van der Waals surface area contributed by atoms with E-state index in [1.807, 2.05) is 13.0 Å². The molecule has 23 heavy (non-hydrogen) atoms. The molecule has 122 valence electrons. The number of rotatable bonds is 6. The minimum atomic E-state index is -3.83. The van der Waals surface area contributed by atoms with Gasteiger partial charge < -0.3 is 0 Å². The van der Waals surface area contributed by atoms with E-state index in [1.54, 1.807) is 6.07 Å². The van der Waals surface area contributed by atoms with E-state index < -0.39 is 10.0 Å². The van der Waals surface area contributed by atoms with E-state index in [0.717, 1.165) is 18.5 Å². The molecule has 1 aromatic heterocycles. The highest BCUT2D eigenvalue weighted by atomic mass is 35.5. The third kappa shape index (κ3) is 4.03. The molecule has 0 fully saturated rings. The summed E-state index contributed by atoms with van der Waals surface area (Å²) >= 11 is 5.82. The van der Waals surface area contributed by atoms with Crippen LogP contribution >= 0.6 is 11.6 Å². The Hall–Kier alpha value is -2.04. The molecule has 0 aliphatic carbocycles. The third-order valence-electron chi connectivity index (χ3n) is 3.46. The number of hydrogen-bond donors (Lipinski definition) is 2. The average molecular weight is 353 g/mol. The summed E-state index contributed by atoms with van der Waals surface area (Å²) in [4.78, 5) is -0.0374. The first-order valence-corrected chi connectivity index (χ1v) is 9.01. The number of sulfonamides is 1. The number of halogens is 1. The maximum Gasteiger partial charge on any atom is 0.263 e. The fraction of sp³-hybridized carbons (Fsp3) is 0.333. The van der Waals surface area contributed by atoms with Crippen LogP contribution in [-0.2, 0) is 10.0 Å². The van der Waals surface area contributed by atoms with Crippen LogP contribution in [0, 0.1) is 11.3 Å². The Kier molecular flexibility index (Phi) is 5.29. The van der Waals surface area contributed by atoms with Gasteiger partial charge in [-0.05, 0) is 30.5 Å². The largest absolute Gasteiger partial charge is 0.280 e. The fourth-order valence-electron chi connectivity index (χ4n) is 2.18. The molecule has 1 atom stereocenters. The van der Waals surface area contributed by atoms with Crippen LogP contribution in [0.4, 0.5) is 5.82 Å². The van der Waals surface area contributed by atoms with Gasteiger partial charge in [0, 0.05) is 11.8 Å². The van der Waals surface area contributed by atoms with Gasteiger partial charge in [0.2, 0.25) is 0 Å². The molecular formula is C15H17ClN4O2S. The van der Waals surface area contributed by atoms with Gasteiger partial charge in [0.1, 0.15) is 6.07 Å². The summed E-state index contributed by atoms with van der Waals surface area (Å²) in [6.07, 6.45) is 2.01. The Morgan fingerprint density at radius 3 is 2.83 bits per heavy atom. The zero-order valence-corrected chi connectivity index (χ0v) is 14.4. The number of H-pyrrole nitrogens is 1. The third-order valence-corrected chi connectivity index (χ3v) is 5.14. The normalized spacial score (nSPS) is 12.6. The van der Waals surface area contributed by atoms with Gasteiger partial charge in [0.05, 0.1) is 15.5 Å². The molecule has 0 aliphatic rings. The molecule has 0 radical (unpaired) electrons. The van der Waals surface area contributed by atoms with Crippen molar-refractivity contribution < 1.29 is 8.42 Å². The van der Waals surface area contributed by atoms with Crippen LogP contribution < -0.4 is 4.72 Å². The number of hydrogen-bond acceptors (Lipinski definition) is 4. The molecule has 1 aromatic carbocycles. The quantitative estimate of drug-likeness (QED) is 0.829. The van der Waals surface area contributed by atoms with Crippen molar-refractivity contribution in [2.75, 3.05) is 4.72 Å². The van der Waals surface area contributed by atoms with E-state index in [2.05, 4.69) is 21.8 Å². The van der Waals surface area contributed by atoms with E-state index in [1.165, 1.54) is 18.2 Å². The first-order chi connectivity index (χ1) is 10.9. The lowest BCUT2D eigenvalue weighted by molar-refractivity contribution is 0.601. The Morgan fingerprint density at radius 2 is 2.17 bits per heavy atom. The van der Waals surface area contributed by atoms with Crippen LogP contribution in [0.5, 0.6) is 0 Å². The summed E-state index contributed by atoms with van der Waals surface area (Å²) in [5, 5.41) is 16.0. The van der Waals surface area contributed by atoms with Crippen LogP contribution in [0.3, 0.4) is 0 Å². The average Bonchev–Trinajstić information content (AvgIpc) is 2.95. The summed E-state index contributed by atoms with van der Waals surface area (Å²) < 4.78 is 27.1. The molecule has 2 N–H and O–H groups in total. The van der Waals surface area contributed by atoms with Crippen LogP contribution in [0.2, 0.25) is 5.02 Å². The van der Waals surface area contributed by atoms with Gasteiger partial charge in [-0.3, -0.25) is 9.82 Å². The molecule has 2 rings (SSSR count). The second-order valence-corrected chi connectivity index (χ2v) is 7.35. The van der Waals surface area contributed by atoms with Gasteiger partial charge in [-0.15, -0.1) is 0 Å². The van der Waals surface area contributed by atoms with Gasteiger partial charge in [-0.25, -0.2) is 8.42 Å². The van der Waals surface area contributed by atoms with E-state index in [4.69, 9.17) is 16.9 Å². The number of aromatic amines is 1. The lowest BCUT2D eigenvalue weighted by Gasteiger charge is -2.07. The summed E-state index contributed by atoms with van der Waals surface area (Å²) in [5.41, 5.74) is 0.979. The van der Waals surface area contributed by atoms with Crippen LogP contribution in [0.25, 0.3) is 0 Å². The smallest absolute Gasteiger partial charge is 0.263 e. The molecule has 1 unspecified atom stereocenters. The predicted octanol–water partition coefficient (Wildman–Crippen LogP) is 3.64. The molecule has 0 spiro atoms. The lowest BCUT2D eigenvalue weighted by atomic mass is 10.0. The zero-order chi connectivity index (χ0) is 17.0. The van der Waals surface area contributed by atoms with E-state index >= 15 is 0 Å². The van der Waals surface area contributed by atoms with Crippen LogP contribution in [0.1, 0.15) is 43.9 Å². The van der Waals surface area contributed by atoms with Crippen molar-refractivity contribution in [1.29, 1.82) is 5.26 Å². The minimum Gasteiger partial charge on any atom is -0.280 e. The zero-order valence-electron chi connectivity index (χ0n) is 12.8. The minimum absolute atomic E-state index is 0.0374. The number of nitriles is 1. The summed E-state index contributed by atoms with van der Waals surface area (Å²) in [7, 11) is -3.83. The number of benzene rings is 1. The van der Waals surface area contributed by atoms with Gasteiger partial charge in [-0.1, -0.05) is 31.9 Å². The maximum absolute atomic E-state index is 12.4. The van der Waals surface area contributed by atoms with Crippen molar-refractivity contribution in [2.24, 2.45) is 0 Å². The Bertz CT molecular complexity index is 839. The van der Waals surface area contributed by atoms with Gasteiger partial charge in [0.25, 0.3) is 10.0 Å². The summed E-state index contributed by atoms with van der Waals surface area (Å²) in [5.74, 6) is 0.489. The monoisotopic (exact) mass is 352 g/mol. The van der Waals surface area contributed by atoms with Crippen molar-refractivity contribution in [3.05, 3.63) is 40.5 Å². The van der Waals surface area contributed by atoms with E-state index in [-0.39, 0.29) is 27.2 Å². The van der Waals surface area contributed by atoms with Crippen molar-refractivity contribution in [3.8, 4) is 6.07 Å². The Balaban J connectivity index is 2.24. The molecule has 2 aromatic rings. The van der Waals surface area contributed by atoms with Crippen LogP contribution in [0.15, 0.2) is 29.2 Å². The van der Waals surface area contributed by atoms with Crippen molar-refractivity contribution >= 4 is 27.4 Å². The van der Waals surface area contributed by atoms with Crippen molar-refractivity contribution in [3.63, 3.8) is 0 Å². The molecule has 0 saturated heterocycles. The van der Waals surface area contributed by atoms with Gasteiger partial charge in [-0.2, -0.15) is 10.4 Å². The highest BCUT2D eigenvalue weighted by Crippen LogP contribution is 2.24. The maximum atomic E-state index is 12.4.